The van der Waals surface area contributed by atoms with E-state index in [1.54, 1.807) is 53.8 Å². The first-order valence-electron chi connectivity index (χ1n) is 10.2. The normalized spacial score (nSPS) is 11.4. The van der Waals surface area contributed by atoms with E-state index in [0.717, 1.165) is 20.8 Å². The van der Waals surface area contributed by atoms with Gasteiger partial charge < -0.3 is 9.73 Å². The first-order chi connectivity index (χ1) is 16.5. The summed E-state index contributed by atoms with van der Waals surface area (Å²) in [6, 6.07) is 22.1. The third-order valence-electron chi connectivity index (χ3n) is 5.00. The van der Waals surface area contributed by atoms with Crippen LogP contribution < -0.4 is 5.32 Å². The molecular weight excluding hydrogens is 511 g/mol. The number of anilines is 1. The third-order valence-corrected chi connectivity index (χ3v) is 7.22. The maximum atomic E-state index is 12.5. The third kappa shape index (κ3) is 4.74. The molecule has 5 rings (SSSR count). The van der Waals surface area contributed by atoms with Crippen LogP contribution in [0.25, 0.3) is 38.2 Å². The lowest BCUT2D eigenvalue weighted by Crippen LogP contribution is -2.07. The van der Waals surface area contributed by atoms with Crippen LogP contribution in [-0.4, -0.2) is 10.9 Å². The van der Waals surface area contributed by atoms with Crippen LogP contribution in [0.2, 0.25) is 15.1 Å². The molecule has 3 aromatic carbocycles. The molecule has 1 N–H and O–H groups in total. The molecule has 2 aromatic heterocycles. The summed E-state index contributed by atoms with van der Waals surface area (Å²) < 4.78 is 6.87. The number of halogens is 3. The van der Waals surface area contributed by atoms with Crippen LogP contribution in [-0.2, 0) is 4.79 Å². The average Bonchev–Trinajstić information content (AvgIpc) is 3.48. The highest BCUT2D eigenvalue weighted by Crippen LogP contribution is 2.36. The second kappa shape index (κ2) is 9.65. The highest BCUT2D eigenvalue weighted by Gasteiger charge is 2.12. The topological polar surface area (TPSA) is 55.1 Å². The van der Waals surface area contributed by atoms with Gasteiger partial charge in [-0.05, 0) is 60.7 Å². The maximum Gasteiger partial charge on any atom is 0.248 e. The number of thiazole rings is 1. The van der Waals surface area contributed by atoms with E-state index in [1.807, 2.05) is 36.4 Å². The largest absolute Gasteiger partial charge is 0.457 e. The van der Waals surface area contributed by atoms with Crippen molar-refractivity contribution >= 4 is 74.0 Å². The van der Waals surface area contributed by atoms with Gasteiger partial charge in [0, 0.05) is 22.9 Å². The highest BCUT2D eigenvalue weighted by molar-refractivity contribution is 7.21. The Balaban J connectivity index is 1.32. The fourth-order valence-corrected chi connectivity index (χ4v) is 5.03. The predicted octanol–water partition coefficient (Wildman–Crippen LogP) is 8.84. The molecule has 8 heteroatoms. The zero-order chi connectivity index (χ0) is 23.7. The monoisotopic (exact) mass is 524 g/mol. The average molecular weight is 526 g/mol. The van der Waals surface area contributed by atoms with Crippen LogP contribution in [0, 0.1) is 0 Å². The lowest BCUT2D eigenvalue weighted by Gasteiger charge is -2.06. The molecule has 5 aromatic rings. The summed E-state index contributed by atoms with van der Waals surface area (Å²) in [6.45, 7) is 0. The van der Waals surface area contributed by atoms with E-state index in [2.05, 4.69) is 10.3 Å². The van der Waals surface area contributed by atoms with Gasteiger partial charge in [-0.15, -0.1) is 11.3 Å². The molecule has 0 atom stereocenters. The van der Waals surface area contributed by atoms with Gasteiger partial charge in [-0.3, -0.25) is 4.79 Å². The summed E-state index contributed by atoms with van der Waals surface area (Å²) >= 11 is 20.3. The van der Waals surface area contributed by atoms with Crippen LogP contribution in [0.5, 0.6) is 0 Å². The molecule has 0 bridgehead atoms. The minimum Gasteiger partial charge on any atom is -0.457 e. The second-order valence-corrected chi connectivity index (χ2v) is 9.53. The molecule has 0 saturated heterocycles. The number of benzene rings is 3. The van der Waals surface area contributed by atoms with E-state index in [-0.39, 0.29) is 5.91 Å². The summed E-state index contributed by atoms with van der Waals surface area (Å²) in [5.74, 6) is 0.759. The van der Waals surface area contributed by atoms with Gasteiger partial charge in [0.15, 0.2) is 0 Å². The Bertz CT molecular complexity index is 1520. The van der Waals surface area contributed by atoms with Crippen molar-refractivity contribution in [2.75, 3.05) is 5.32 Å². The van der Waals surface area contributed by atoms with Crippen molar-refractivity contribution in [2.45, 2.75) is 0 Å². The Kier molecular flexibility index (Phi) is 6.44. The summed E-state index contributed by atoms with van der Waals surface area (Å²) in [7, 11) is 0. The molecule has 168 valence electrons. The number of rotatable bonds is 5. The minimum absolute atomic E-state index is 0.309. The molecule has 0 aliphatic heterocycles. The molecule has 4 nitrogen and oxygen atoms in total. The molecular formula is C26H15Cl3N2O2S. The lowest BCUT2D eigenvalue weighted by atomic mass is 10.2. The predicted molar refractivity (Wildman–Crippen MR) is 142 cm³/mol. The number of hydrogen-bond acceptors (Lipinski definition) is 4. The van der Waals surface area contributed by atoms with E-state index >= 15 is 0 Å². The number of furan rings is 1. The summed E-state index contributed by atoms with van der Waals surface area (Å²) in [5.41, 5.74) is 2.97. The van der Waals surface area contributed by atoms with Crippen LogP contribution >= 0.6 is 46.1 Å². The molecule has 0 aliphatic carbocycles. The van der Waals surface area contributed by atoms with Crippen molar-refractivity contribution in [3.8, 4) is 21.9 Å². The van der Waals surface area contributed by atoms with Crippen LogP contribution in [0.3, 0.4) is 0 Å². The van der Waals surface area contributed by atoms with Gasteiger partial charge in [0.25, 0.3) is 0 Å². The summed E-state index contributed by atoms with van der Waals surface area (Å²) in [4.78, 5) is 17.2. The Morgan fingerprint density at radius 2 is 1.76 bits per heavy atom. The molecule has 0 saturated carbocycles. The molecule has 2 heterocycles. The summed E-state index contributed by atoms with van der Waals surface area (Å²) in [6.07, 6.45) is 2.98. The Morgan fingerprint density at radius 1 is 0.912 bits per heavy atom. The number of para-hydroxylation sites is 1. The molecule has 0 unspecified atom stereocenters. The number of nitrogens with one attached hydrogen (secondary N) is 1. The summed E-state index contributed by atoms with van der Waals surface area (Å²) in [5, 5.41) is 5.07. The highest BCUT2D eigenvalue weighted by atomic mass is 35.5. The first-order valence-corrected chi connectivity index (χ1v) is 12.1. The molecule has 0 aliphatic rings. The number of nitrogens with zero attached hydrogens (tertiary/aromatic N) is 1. The van der Waals surface area contributed by atoms with Crippen molar-refractivity contribution in [1.29, 1.82) is 0 Å². The Morgan fingerprint density at radius 3 is 2.62 bits per heavy atom. The number of carbonyl (C=O) groups is 1. The zero-order valence-electron chi connectivity index (χ0n) is 17.4. The standard InChI is InChI=1S/C26H15Cl3N2O2S/c27-19-11-8-15(14-18(19)26-31-21-6-1-2-7-23(21)34-26)30-24(32)13-10-16-9-12-22(33-16)17-4-3-5-20(28)25(17)29/h1-14H,(H,30,32). The van der Waals surface area contributed by atoms with Gasteiger partial charge in [-0.25, -0.2) is 4.98 Å². The van der Waals surface area contributed by atoms with Crippen molar-refractivity contribution in [1.82, 2.24) is 4.98 Å². The SMILES string of the molecule is O=C(C=Cc1ccc(-c2cccc(Cl)c2Cl)o1)Nc1ccc(Cl)c(-c2nc3ccccc3s2)c1. The zero-order valence-corrected chi connectivity index (χ0v) is 20.5. The van der Waals surface area contributed by atoms with E-state index in [4.69, 9.17) is 39.2 Å². The van der Waals surface area contributed by atoms with Gasteiger partial charge >= 0.3 is 0 Å². The molecule has 0 fully saturated rings. The second-order valence-electron chi connectivity index (χ2n) is 7.31. The van der Waals surface area contributed by atoms with E-state index < -0.39 is 0 Å². The van der Waals surface area contributed by atoms with Gasteiger partial charge in [0.2, 0.25) is 5.91 Å². The van der Waals surface area contributed by atoms with Crippen LogP contribution in [0.15, 0.2) is 83.3 Å². The Hall–Kier alpha value is -3.09. The van der Waals surface area contributed by atoms with Crippen molar-refractivity contribution < 1.29 is 9.21 Å². The van der Waals surface area contributed by atoms with Crippen molar-refractivity contribution in [2.24, 2.45) is 0 Å². The Labute approximate surface area is 214 Å². The van der Waals surface area contributed by atoms with Crippen molar-refractivity contribution in [3.63, 3.8) is 0 Å². The van der Waals surface area contributed by atoms with E-state index in [0.29, 0.717) is 37.8 Å². The molecule has 34 heavy (non-hydrogen) atoms. The van der Waals surface area contributed by atoms with Gasteiger partial charge in [0.05, 0.1) is 25.3 Å². The fraction of sp³-hybridized carbons (Fsp3) is 0. The molecule has 1 amide bonds. The van der Waals surface area contributed by atoms with Crippen LogP contribution in [0.4, 0.5) is 5.69 Å². The molecule has 0 radical (unpaired) electrons. The van der Waals surface area contributed by atoms with Crippen LogP contribution in [0.1, 0.15) is 5.76 Å². The first kappa shape index (κ1) is 22.7. The maximum absolute atomic E-state index is 12.5. The number of carbonyl (C=O) groups excluding carboxylic acids is 1. The minimum atomic E-state index is -0.309. The number of fused-ring (bicyclic) bond motifs is 1. The molecule has 0 spiro atoms. The van der Waals surface area contributed by atoms with E-state index in [9.17, 15) is 4.79 Å². The number of amides is 1. The van der Waals surface area contributed by atoms with Crippen molar-refractivity contribution in [3.05, 3.63) is 99.7 Å². The number of aromatic nitrogens is 1. The smallest absolute Gasteiger partial charge is 0.248 e. The van der Waals surface area contributed by atoms with Gasteiger partial charge in [-0.2, -0.15) is 0 Å². The quantitative estimate of drug-likeness (QED) is 0.233. The number of hydrogen-bond donors (Lipinski definition) is 1. The van der Waals surface area contributed by atoms with E-state index in [1.165, 1.54) is 6.08 Å². The lowest BCUT2D eigenvalue weighted by molar-refractivity contribution is -0.111. The van der Waals surface area contributed by atoms with Gasteiger partial charge in [-0.1, -0.05) is 53.0 Å². The fourth-order valence-electron chi connectivity index (χ4n) is 3.38. The van der Waals surface area contributed by atoms with Gasteiger partial charge in [0.1, 0.15) is 16.5 Å².